The molecule has 3 nitrogen and oxygen atoms in total. The molecule has 1 aromatic heterocycles. The molecule has 0 aromatic carbocycles. The molecule has 1 fully saturated rings. The molecular weight excluding hydrogens is 270 g/mol. The van der Waals surface area contributed by atoms with Crippen LogP contribution < -0.4 is 0 Å². The van der Waals surface area contributed by atoms with Crippen LogP contribution in [-0.2, 0) is 0 Å². The molecule has 2 heterocycles. The average Bonchev–Trinajstić information content (AvgIpc) is 2.67. The molecule has 1 aliphatic heterocycles. The second kappa shape index (κ2) is 7.47. The van der Waals surface area contributed by atoms with Gasteiger partial charge in [0.1, 0.15) is 0 Å². The largest absolute Gasteiger partial charge is 0.395 e. The van der Waals surface area contributed by atoms with Crippen molar-refractivity contribution in [1.82, 2.24) is 4.90 Å². The third-order valence-corrected chi connectivity index (χ3v) is 4.60. The minimum Gasteiger partial charge on any atom is -0.395 e. The van der Waals surface area contributed by atoms with E-state index in [1.165, 1.54) is 24.2 Å². The van der Waals surface area contributed by atoms with Crippen LogP contribution in [0.15, 0.2) is 6.07 Å². The van der Waals surface area contributed by atoms with Gasteiger partial charge in [-0.25, -0.2) is 0 Å². The number of nitrogens with zero attached hydrogens (tertiary/aromatic N) is 1. The van der Waals surface area contributed by atoms with Gasteiger partial charge in [0, 0.05) is 19.5 Å². The highest BCUT2D eigenvalue weighted by Gasteiger charge is 2.19. The summed E-state index contributed by atoms with van der Waals surface area (Å²) < 4.78 is 0. The summed E-state index contributed by atoms with van der Waals surface area (Å²) in [6, 6.07) is 1.95. The Morgan fingerprint density at radius 3 is 2.70 bits per heavy atom. The maximum Gasteiger partial charge on any atom is 0.263 e. The SMILES string of the molecule is Cc1cc(C(=O)N2CCCCCC2)sc1C#CCCO. The number of aryl methyl sites for hydroxylation is 1. The van der Waals surface area contributed by atoms with E-state index in [0.717, 1.165) is 41.2 Å². The minimum atomic E-state index is 0.0803. The van der Waals surface area contributed by atoms with E-state index in [-0.39, 0.29) is 12.5 Å². The molecule has 0 bridgehead atoms. The number of likely N-dealkylation sites (tertiary alicyclic amines) is 1. The second-order valence-corrected chi connectivity index (χ2v) is 6.16. The molecule has 108 valence electrons. The zero-order chi connectivity index (χ0) is 14.4. The third-order valence-electron chi connectivity index (χ3n) is 3.46. The summed E-state index contributed by atoms with van der Waals surface area (Å²) in [7, 11) is 0. The number of carbonyl (C=O) groups is 1. The van der Waals surface area contributed by atoms with Crippen molar-refractivity contribution in [2.24, 2.45) is 0 Å². The van der Waals surface area contributed by atoms with E-state index >= 15 is 0 Å². The van der Waals surface area contributed by atoms with Crippen molar-refractivity contribution in [3.8, 4) is 11.8 Å². The van der Waals surface area contributed by atoms with Crippen molar-refractivity contribution >= 4 is 17.2 Å². The van der Waals surface area contributed by atoms with Gasteiger partial charge in [0.05, 0.1) is 16.4 Å². The van der Waals surface area contributed by atoms with Crippen LogP contribution in [-0.4, -0.2) is 35.6 Å². The Labute approximate surface area is 124 Å². The topological polar surface area (TPSA) is 40.5 Å². The molecule has 2 rings (SSSR count). The summed E-state index contributed by atoms with van der Waals surface area (Å²) in [5.74, 6) is 6.11. The lowest BCUT2D eigenvalue weighted by atomic mass is 10.2. The van der Waals surface area contributed by atoms with E-state index in [2.05, 4.69) is 11.8 Å². The van der Waals surface area contributed by atoms with Gasteiger partial charge in [-0.15, -0.1) is 11.3 Å². The van der Waals surface area contributed by atoms with Crippen molar-refractivity contribution < 1.29 is 9.90 Å². The molecule has 1 aliphatic rings. The second-order valence-electron chi connectivity index (χ2n) is 5.10. The smallest absolute Gasteiger partial charge is 0.263 e. The highest BCUT2D eigenvalue weighted by atomic mass is 32.1. The number of hydrogen-bond donors (Lipinski definition) is 1. The Morgan fingerprint density at radius 1 is 1.35 bits per heavy atom. The average molecular weight is 291 g/mol. The molecule has 1 saturated heterocycles. The summed E-state index contributed by atoms with van der Waals surface area (Å²) >= 11 is 1.47. The Hall–Kier alpha value is -1.31. The van der Waals surface area contributed by atoms with Crippen LogP contribution in [0, 0.1) is 18.8 Å². The fraction of sp³-hybridized carbons (Fsp3) is 0.562. The van der Waals surface area contributed by atoms with Crippen molar-refractivity contribution in [1.29, 1.82) is 0 Å². The van der Waals surface area contributed by atoms with Crippen LogP contribution >= 0.6 is 11.3 Å². The standard InChI is InChI=1S/C16H21NO2S/c1-13-12-15(20-14(13)8-4-7-11-18)16(19)17-9-5-2-3-6-10-17/h12,18H,2-3,5-7,9-11H2,1H3. The van der Waals surface area contributed by atoms with Gasteiger partial charge < -0.3 is 10.0 Å². The lowest BCUT2D eigenvalue weighted by Crippen LogP contribution is -2.31. The van der Waals surface area contributed by atoms with E-state index in [1.54, 1.807) is 0 Å². The van der Waals surface area contributed by atoms with Crippen molar-refractivity contribution in [3.63, 3.8) is 0 Å². The first-order chi connectivity index (χ1) is 9.72. The van der Waals surface area contributed by atoms with Crippen LogP contribution in [0.5, 0.6) is 0 Å². The molecule has 0 radical (unpaired) electrons. The number of hydrogen-bond acceptors (Lipinski definition) is 3. The summed E-state index contributed by atoms with van der Waals surface area (Å²) in [5.41, 5.74) is 1.05. The van der Waals surface area contributed by atoms with Gasteiger partial charge in [-0.1, -0.05) is 24.7 Å². The Bertz CT molecular complexity index is 516. The van der Waals surface area contributed by atoms with Gasteiger partial charge in [0.2, 0.25) is 0 Å². The van der Waals surface area contributed by atoms with E-state index < -0.39 is 0 Å². The van der Waals surface area contributed by atoms with E-state index in [0.29, 0.717) is 6.42 Å². The third kappa shape index (κ3) is 3.84. The molecular formula is C16H21NO2S. The first-order valence-electron chi connectivity index (χ1n) is 7.22. The van der Waals surface area contributed by atoms with Gasteiger partial charge in [-0.05, 0) is 31.4 Å². The van der Waals surface area contributed by atoms with Gasteiger partial charge in [0.25, 0.3) is 5.91 Å². The number of carbonyl (C=O) groups excluding carboxylic acids is 1. The number of aliphatic hydroxyl groups excluding tert-OH is 1. The highest BCUT2D eigenvalue weighted by molar-refractivity contribution is 7.14. The minimum absolute atomic E-state index is 0.0803. The normalized spacial score (nSPS) is 15.4. The molecule has 4 heteroatoms. The van der Waals surface area contributed by atoms with Gasteiger partial charge in [0.15, 0.2) is 0 Å². The molecule has 0 atom stereocenters. The number of amides is 1. The van der Waals surface area contributed by atoms with Crippen LogP contribution in [0.2, 0.25) is 0 Å². The summed E-state index contributed by atoms with van der Waals surface area (Å²) in [6.45, 7) is 3.82. The molecule has 1 amide bonds. The first kappa shape index (κ1) is 15.1. The van der Waals surface area contributed by atoms with Crippen LogP contribution in [0.1, 0.15) is 52.2 Å². The van der Waals surface area contributed by atoms with Crippen LogP contribution in [0.25, 0.3) is 0 Å². The van der Waals surface area contributed by atoms with Gasteiger partial charge in [-0.3, -0.25) is 4.79 Å². The molecule has 0 saturated carbocycles. The first-order valence-corrected chi connectivity index (χ1v) is 8.03. The highest BCUT2D eigenvalue weighted by Crippen LogP contribution is 2.23. The Kier molecular flexibility index (Phi) is 5.63. The van der Waals surface area contributed by atoms with Crippen LogP contribution in [0.3, 0.4) is 0 Å². The predicted molar refractivity (Wildman–Crippen MR) is 82.0 cm³/mol. The molecule has 0 aliphatic carbocycles. The Morgan fingerprint density at radius 2 is 2.05 bits per heavy atom. The lowest BCUT2D eigenvalue weighted by molar-refractivity contribution is 0.0766. The lowest BCUT2D eigenvalue weighted by Gasteiger charge is -2.19. The predicted octanol–water partition coefficient (Wildman–Crippen LogP) is 2.81. The quantitative estimate of drug-likeness (QED) is 0.851. The molecule has 0 spiro atoms. The van der Waals surface area contributed by atoms with Gasteiger partial charge >= 0.3 is 0 Å². The zero-order valence-electron chi connectivity index (χ0n) is 11.9. The van der Waals surface area contributed by atoms with Crippen molar-refractivity contribution in [2.75, 3.05) is 19.7 Å². The molecule has 1 aromatic rings. The summed E-state index contributed by atoms with van der Waals surface area (Å²) in [5, 5.41) is 8.74. The molecule has 20 heavy (non-hydrogen) atoms. The zero-order valence-corrected chi connectivity index (χ0v) is 12.8. The summed E-state index contributed by atoms with van der Waals surface area (Å²) in [4.78, 5) is 16.2. The maximum absolute atomic E-state index is 12.5. The number of thiophene rings is 1. The monoisotopic (exact) mass is 291 g/mol. The van der Waals surface area contributed by atoms with E-state index in [9.17, 15) is 4.79 Å². The van der Waals surface area contributed by atoms with Crippen LogP contribution in [0.4, 0.5) is 0 Å². The molecule has 1 N–H and O–H groups in total. The summed E-state index contributed by atoms with van der Waals surface area (Å²) in [6.07, 6.45) is 5.15. The van der Waals surface area contributed by atoms with E-state index in [1.807, 2.05) is 17.9 Å². The maximum atomic E-state index is 12.5. The van der Waals surface area contributed by atoms with E-state index in [4.69, 9.17) is 5.11 Å². The fourth-order valence-electron chi connectivity index (χ4n) is 2.34. The van der Waals surface area contributed by atoms with Crippen molar-refractivity contribution in [3.05, 3.63) is 21.4 Å². The van der Waals surface area contributed by atoms with Crippen molar-refractivity contribution in [2.45, 2.75) is 39.0 Å². The Balaban J connectivity index is 2.10. The number of rotatable bonds is 2. The fourth-order valence-corrected chi connectivity index (χ4v) is 3.36. The van der Waals surface area contributed by atoms with Gasteiger partial charge in [-0.2, -0.15) is 0 Å². The number of aliphatic hydroxyl groups is 1. The molecule has 0 unspecified atom stereocenters.